The number of hydrogen-bond acceptors (Lipinski definition) is 1. The summed E-state index contributed by atoms with van der Waals surface area (Å²) in [6.45, 7) is 2.23. The van der Waals surface area contributed by atoms with Crippen LogP contribution in [0.25, 0.3) is 0 Å². The van der Waals surface area contributed by atoms with Crippen molar-refractivity contribution < 1.29 is 4.79 Å². The van der Waals surface area contributed by atoms with Gasteiger partial charge < -0.3 is 0 Å². The molecule has 1 aromatic carbocycles. The van der Waals surface area contributed by atoms with E-state index >= 15 is 0 Å². The third-order valence-corrected chi connectivity index (χ3v) is 4.18. The molecule has 1 aliphatic carbocycles. The van der Waals surface area contributed by atoms with Crippen LogP contribution in [-0.4, -0.2) is 5.78 Å². The van der Waals surface area contributed by atoms with Crippen LogP contribution >= 0.6 is 0 Å². The van der Waals surface area contributed by atoms with Gasteiger partial charge in [0, 0.05) is 12.0 Å². The normalized spacial score (nSPS) is 13.5. The summed E-state index contributed by atoms with van der Waals surface area (Å²) in [5, 5.41) is 0. The van der Waals surface area contributed by atoms with Gasteiger partial charge in [-0.25, -0.2) is 0 Å². The zero-order valence-corrected chi connectivity index (χ0v) is 12.2. The minimum absolute atomic E-state index is 0.338. The molecule has 0 aromatic heterocycles. The SMILES string of the molecule is CCCCCCCCC(=O)c1ccc2c(c1)CCC2. The van der Waals surface area contributed by atoms with E-state index in [1.165, 1.54) is 56.1 Å². The Hall–Kier alpha value is -1.11. The molecule has 2 rings (SSSR count). The first-order valence-corrected chi connectivity index (χ1v) is 7.96. The molecule has 0 radical (unpaired) electrons. The van der Waals surface area contributed by atoms with Gasteiger partial charge in [-0.3, -0.25) is 4.79 Å². The molecular formula is C18H26O. The van der Waals surface area contributed by atoms with Gasteiger partial charge in [-0.2, -0.15) is 0 Å². The first kappa shape index (κ1) is 14.3. The van der Waals surface area contributed by atoms with Crippen molar-refractivity contribution in [3.05, 3.63) is 34.9 Å². The molecule has 0 heterocycles. The zero-order valence-electron chi connectivity index (χ0n) is 12.2. The number of ketones is 1. The standard InChI is InChI=1S/C18H26O/c1-2-3-4-5-6-7-11-18(19)17-13-12-15-9-8-10-16(15)14-17/h12-14H,2-11H2,1H3. The maximum absolute atomic E-state index is 12.1. The van der Waals surface area contributed by atoms with Crippen molar-refractivity contribution in [3.8, 4) is 0 Å². The molecule has 1 nitrogen and oxygen atoms in total. The van der Waals surface area contributed by atoms with E-state index in [-0.39, 0.29) is 0 Å². The Bertz CT molecular complexity index is 420. The first-order valence-electron chi connectivity index (χ1n) is 7.96. The van der Waals surface area contributed by atoms with Crippen LogP contribution in [0.15, 0.2) is 18.2 Å². The molecule has 0 bridgehead atoms. The number of aryl methyl sites for hydroxylation is 2. The molecule has 1 aromatic rings. The van der Waals surface area contributed by atoms with Crippen molar-refractivity contribution >= 4 is 5.78 Å². The van der Waals surface area contributed by atoms with Crippen LogP contribution in [-0.2, 0) is 12.8 Å². The van der Waals surface area contributed by atoms with Gasteiger partial charge >= 0.3 is 0 Å². The molecule has 1 aliphatic rings. The fourth-order valence-electron chi connectivity index (χ4n) is 2.96. The van der Waals surface area contributed by atoms with E-state index in [0.29, 0.717) is 5.78 Å². The van der Waals surface area contributed by atoms with Crippen molar-refractivity contribution in [2.75, 3.05) is 0 Å². The summed E-state index contributed by atoms with van der Waals surface area (Å²) in [5.41, 5.74) is 3.80. The van der Waals surface area contributed by atoms with Crippen LogP contribution in [0.5, 0.6) is 0 Å². The lowest BCUT2D eigenvalue weighted by Gasteiger charge is -2.04. The zero-order chi connectivity index (χ0) is 13.5. The molecule has 0 aliphatic heterocycles. The number of rotatable bonds is 8. The Morgan fingerprint density at radius 1 is 1.00 bits per heavy atom. The van der Waals surface area contributed by atoms with Gasteiger partial charge in [0.15, 0.2) is 5.78 Å². The van der Waals surface area contributed by atoms with E-state index in [1.54, 1.807) is 0 Å². The summed E-state index contributed by atoms with van der Waals surface area (Å²) in [6.07, 6.45) is 11.8. The van der Waals surface area contributed by atoms with E-state index in [2.05, 4.69) is 19.1 Å². The molecule has 0 saturated carbocycles. The van der Waals surface area contributed by atoms with Crippen molar-refractivity contribution in [1.82, 2.24) is 0 Å². The van der Waals surface area contributed by atoms with Gasteiger partial charge in [0.1, 0.15) is 0 Å². The third kappa shape index (κ3) is 4.19. The smallest absolute Gasteiger partial charge is 0.162 e. The molecule has 0 amide bonds. The predicted molar refractivity (Wildman–Crippen MR) is 80.8 cm³/mol. The van der Waals surface area contributed by atoms with Crippen LogP contribution in [0.3, 0.4) is 0 Å². The largest absolute Gasteiger partial charge is 0.294 e. The second-order valence-electron chi connectivity index (χ2n) is 5.78. The van der Waals surface area contributed by atoms with Gasteiger partial charge in [0.2, 0.25) is 0 Å². The molecule has 0 saturated heterocycles. The molecular weight excluding hydrogens is 232 g/mol. The fraction of sp³-hybridized carbons (Fsp3) is 0.611. The highest BCUT2D eigenvalue weighted by Crippen LogP contribution is 2.23. The topological polar surface area (TPSA) is 17.1 Å². The van der Waals surface area contributed by atoms with Crippen LogP contribution in [0.2, 0.25) is 0 Å². The molecule has 0 spiro atoms. The molecule has 104 valence electrons. The number of carbonyl (C=O) groups excluding carboxylic acids is 1. The number of benzene rings is 1. The van der Waals surface area contributed by atoms with Crippen LogP contribution in [0.1, 0.15) is 79.8 Å². The van der Waals surface area contributed by atoms with Gasteiger partial charge in [-0.1, -0.05) is 51.2 Å². The van der Waals surface area contributed by atoms with Gasteiger partial charge in [0.05, 0.1) is 0 Å². The minimum Gasteiger partial charge on any atom is -0.294 e. The second-order valence-corrected chi connectivity index (χ2v) is 5.78. The number of fused-ring (bicyclic) bond motifs is 1. The fourth-order valence-corrected chi connectivity index (χ4v) is 2.96. The van der Waals surface area contributed by atoms with E-state index < -0.39 is 0 Å². The maximum atomic E-state index is 12.1. The summed E-state index contributed by atoms with van der Waals surface area (Å²) >= 11 is 0. The van der Waals surface area contributed by atoms with Crippen LogP contribution in [0, 0.1) is 0 Å². The van der Waals surface area contributed by atoms with Crippen molar-refractivity contribution in [2.45, 2.75) is 71.1 Å². The highest BCUT2D eigenvalue weighted by Gasteiger charge is 2.13. The average molecular weight is 258 g/mol. The van der Waals surface area contributed by atoms with Crippen molar-refractivity contribution in [3.63, 3.8) is 0 Å². The van der Waals surface area contributed by atoms with E-state index in [1.807, 2.05) is 6.07 Å². The van der Waals surface area contributed by atoms with E-state index in [4.69, 9.17) is 0 Å². The van der Waals surface area contributed by atoms with Crippen LogP contribution < -0.4 is 0 Å². The van der Waals surface area contributed by atoms with Crippen molar-refractivity contribution in [2.24, 2.45) is 0 Å². The lowest BCUT2D eigenvalue weighted by molar-refractivity contribution is 0.0979. The lowest BCUT2D eigenvalue weighted by Crippen LogP contribution is -2.00. The predicted octanol–water partition coefficient (Wildman–Crippen LogP) is 5.11. The molecule has 19 heavy (non-hydrogen) atoms. The van der Waals surface area contributed by atoms with Crippen LogP contribution in [0.4, 0.5) is 0 Å². The summed E-state index contributed by atoms with van der Waals surface area (Å²) in [5.74, 6) is 0.338. The number of unbranched alkanes of at least 4 members (excludes halogenated alkanes) is 5. The number of carbonyl (C=O) groups is 1. The second kappa shape index (κ2) is 7.47. The summed E-state index contributed by atoms with van der Waals surface area (Å²) in [4.78, 5) is 12.1. The monoisotopic (exact) mass is 258 g/mol. The Balaban J connectivity index is 1.74. The summed E-state index contributed by atoms with van der Waals surface area (Å²) < 4.78 is 0. The lowest BCUT2D eigenvalue weighted by atomic mass is 10.00. The van der Waals surface area contributed by atoms with Crippen molar-refractivity contribution in [1.29, 1.82) is 0 Å². The Morgan fingerprint density at radius 2 is 1.74 bits per heavy atom. The highest BCUT2D eigenvalue weighted by atomic mass is 16.1. The molecule has 0 N–H and O–H groups in total. The Morgan fingerprint density at radius 3 is 2.58 bits per heavy atom. The number of hydrogen-bond donors (Lipinski definition) is 0. The van der Waals surface area contributed by atoms with E-state index in [0.717, 1.165) is 24.8 Å². The average Bonchev–Trinajstić information content (AvgIpc) is 2.89. The third-order valence-electron chi connectivity index (χ3n) is 4.18. The van der Waals surface area contributed by atoms with Gasteiger partial charge in [-0.15, -0.1) is 0 Å². The Kier molecular flexibility index (Phi) is 5.62. The molecule has 0 atom stereocenters. The molecule has 0 unspecified atom stereocenters. The first-order chi connectivity index (χ1) is 9.31. The Labute approximate surface area is 117 Å². The molecule has 0 fully saturated rings. The number of Topliss-reactive ketones (excluding diaryl/α,β-unsaturated/α-hetero) is 1. The summed E-state index contributed by atoms with van der Waals surface area (Å²) in [6, 6.07) is 6.34. The highest BCUT2D eigenvalue weighted by molar-refractivity contribution is 5.96. The van der Waals surface area contributed by atoms with E-state index in [9.17, 15) is 4.79 Å². The van der Waals surface area contributed by atoms with Gasteiger partial charge in [-0.05, 0) is 42.9 Å². The quantitative estimate of drug-likeness (QED) is 0.468. The molecule has 1 heteroatoms. The maximum Gasteiger partial charge on any atom is 0.162 e. The minimum atomic E-state index is 0.338. The van der Waals surface area contributed by atoms with Gasteiger partial charge in [0.25, 0.3) is 0 Å². The summed E-state index contributed by atoms with van der Waals surface area (Å²) in [7, 11) is 0.